The summed E-state index contributed by atoms with van der Waals surface area (Å²) in [5.41, 5.74) is 1.49. The summed E-state index contributed by atoms with van der Waals surface area (Å²) in [6, 6.07) is 14.2. The van der Waals surface area contributed by atoms with Gasteiger partial charge in [-0.15, -0.1) is 10.2 Å². The zero-order valence-corrected chi connectivity index (χ0v) is 13.3. The molecule has 0 saturated heterocycles. The Labute approximate surface area is 139 Å². The first kappa shape index (κ1) is 16.1. The van der Waals surface area contributed by atoms with Crippen LogP contribution < -0.4 is 10.1 Å². The third kappa shape index (κ3) is 3.97. The van der Waals surface area contributed by atoms with E-state index in [1.54, 1.807) is 19.2 Å². The average molecular weight is 327 g/mol. The van der Waals surface area contributed by atoms with Gasteiger partial charge in [-0.25, -0.2) is 4.39 Å². The topological polar surface area (TPSA) is 60.2 Å². The number of methoxy groups -OCH3 is 1. The number of nitrogens with one attached hydrogen (secondary N) is 1. The maximum absolute atomic E-state index is 13.5. The van der Waals surface area contributed by atoms with Crippen LogP contribution in [0, 0.1) is 5.82 Å². The minimum Gasteiger partial charge on any atom is -0.497 e. The molecule has 0 aliphatic carbocycles. The Balaban J connectivity index is 1.54. The van der Waals surface area contributed by atoms with Gasteiger partial charge < -0.3 is 14.5 Å². The molecule has 0 radical (unpaired) electrons. The second-order valence-electron chi connectivity index (χ2n) is 5.25. The van der Waals surface area contributed by atoms with Gasteiger partial charge in [-0.2, -0.15) is 0 Å². The standard InChI is InChI=1S/C18H18FN3O2/c1-23-15-7-4-6-14(11-15)18-22-21-17(24-18)12-20-10-9-13-5-2-3-8-16(13)19/h2-8,11,20H,9-10,12H2,1H3. The van der Waals surface area contributed by atoms with Crippen LogP contribution in [0.5, 0.6) is 5.75 Å². The van der Waals surface area contributed by atoms with Crippen LogP contribution in [0.25, 0.3) is 11.5 Å². The molecule has 0 aliphatic heterocycles. The lowest BCUT2D eigenvalue weighted by Crippen LogP contribution is -2.17. The quantitative estimate of drug-likeness (QED) is 0.675. The summed E-state index contributed by atoms with van der Waals surface area (Å²) < 4.78 is 24.3. The average Bonchev–Trinajstić information content (AvgIpc) is 3.09. The van der Waals surface area contributed by atoms with Gasteiger partial charge in [0.25, 0.3) is 0 Å². The van der Waals surface area contributed by atoms with Gasteiger partial charge in [0.1, 0.15) is 11.6 Å². The minimum atomic E-state index is -0.183. The van der Waals surface area contributed by atoms with Crippen LogP contribution in [-0.4, -0.2) is 23.9 Å². The number of rotatable bonds is 7. The van der Waals surface area contributed by atoms with E-state index in [0.717, 1.165) is 11.3 Å². The van der Waals surface area contributed by atoms with Crippen LogP contribution in [-0.2, 0) is 13.0 Å². The molecule has 0 bridgehead atoms. The van der Waals surface area contributed by atoms with E-state index in [0.29, 0.717) is 36.9 Å². The van der Waals surface area contributed by atoms with E-state index in [9.17, 15) is 4.39 Å². The molecule has 0 aliphatic rings. The van der Waals surface area contributed by atoms with Gasteiger partial charge in [0, 0.05) is 5.56 Å². The lowest BCUT2D eigenvalue weighted by atomic mass is 10.1. The Kier molecular flexibility index (Phi) is 5.18. The van der Waals surface area contributed by atoms with Gasteiger partial charge in [-0.05, 0) is 42.8 Å². The fourth-order valence-electron chi connectivity index (χ4n) is 2.32. The van der Waals surface area contributed by atoms with E-state index in [1.165, 1.54) is 6.07 Å². The van der Waals surface area contributed by atoms with Crippen LogP contribution in [0.15, 0.2) is 52.9 Å². The largest absolute Gasteiger partial charge is 0.497 e. The molecule has 0 spiro atoms. The summed E-state index contributed by atoms with van der Waals surface area (Å²) in [4.78, 5) is 0. The highest BCUT2D eigenvalue weighted by atomic mass is 19.1. The number of hydrogen-bond acceptors (Lipinski definition) is 5. The van der Waals surface area contributed by atoms with Crippen molar-refractivity contribution in [1.82, 2.24) is 15.5 Å². The number of benzene rings is 2. The molecule has 1 heterocycles. The Morgan fingerprint density at radius 1 is 1.12 bits per heavy atom. The van der Waals surface area contributed by atoms with E-state index in [4.69, 9.17) is 9.15 Å². The van der Waals surface area contributed by atoms with Crippen LogP contribution in [0.2, 0.25) is 0 Å². The van der Waals surface area contributed by atoms with Crippen LogP contribution in [0.3, 0.4) is 0 Å². The van der Waals surface area contributed by atoms with E-state index >= 15 is 0 Å². The van der Waals surface area contributed by atoms with Crippen molar-refractivity contribution in [3.05, 3.63) is 65.8 Å². The van der Waals surface area contributed by atoms with E-state index < -0.39 is 0 Å². The monoisotopic (exact) mass is 327 g/mol. The predicted molar refractivity (Wildman–Crippen MR) is 88.1 cm³/mol. The van der Waals surface area contributed by atoms with Crippen molar-refractivity contribution in [2.45, 2.75) is 13.0 Å². The smallest absolute Gasteiger partial charge is 0.247 e. The summed E-state index contributed by atoms with van der Waals surface area (Å²) in [5.74, 6) is 1.48. The van der Waals surface area contributed by atoms with E-state index in [-0.39, 0.29) is 5.82 Å². The number of ether oxygens (including phenoxy) is 1. The van der Waals surface area contributed by atoms with Gasteiger partial charge >= 0.3 is 0 Å². The number of halogens is 1. The molecule has 5 nitrogen and oxygen atoms in total. The molecule has 0 fully saturated rings. The maximum Gasteiger partial charge on any atom is 0.247 e. The van der Waals surface area contributed by atoms with E-state index in [2.05, 4.69) is 15.5 Å². The number of hydrogen-bond donors (Lipinski definition) is 1. The Morgan fingerprint density at radius 2 is 2.00 bits per heavy atom. The zero-order chi connectivity index (χ0) is 16.8. The normalized spacial score (nSPS) is 10.8. The third-order valence-electron chi connectivity index (χ3n) is 3.59. The van der Waals surface area contributed by atoms with Crippen molar-refractivity contribution < 1.29 is 13.5 Å². The molecule has 2 aromatic carbocycles. The first-order valence-corrected chi connectivity index (χ1v) is 7.67. The summed E-state index contributed by atoms with van der Waals surface area (Å²) in [5, 5.41) is 11.2. The molecule has 3 aromatic rings. The summed E-state index contributed by atoms with van der Waals surface area (Å²) in [7, 11) is 1.61. The lowest BCUT2D eigenvalue weighted by Gasteiger charge is -2.03. The number of aromatic nitrogens is 2. The Hall–Kier alpha value is -2.73. The van der Waals surface area contributed by atoms with Gasteiger partial charge in [0.15, 0.2) is 0 Å². The van der Waals surface area contributed by atoms with Gasteiger partial charge in [-0.1, -0.05) is 24.3 Å². The second kappa shape index (κ2) is 7.70. The van der Waals surface area contributed by atoms with E-state index in [1.807, 2.05) is 30.3 Å². The molecule has 6 heteroatoms. The summed E-state index contributed by atoms with van der Waals surface area (Å²) >= 11 is 0. The third-order valence-corrected chi connectivity index (χ3v) is 3.59. The van der Waals surface area contributed by atoms with Crippen LogP contribution >= 0.6 is 0 Å². The summed E-state index contributed by atoms with van der Waals surface area (Å²) in [6.07, 6.45) is 0.601. The SMILES string of the molecule is COc1cccc(-c2nnc(CNCCc3ccccc3F)o2)c1. The fraction of sp³-hybridized carbons (Fsp3) is 0.222. The molecule has 124 valence electrons. The van der Waals surface area contributed by atoms with Gasteiger partial charge in [0.05, 0.1) is 13.7 Å². The Morgan fingerprint density at radius 3 is 2.83 bits per heavy atom. The molecule has 0 atom stereocenters. The van der Waals surface area contributed by atoms with Crippen LogP contribution in [0.4, 0.5) is 4.39 Å². The Bertz CT molecular complexity index is 804. The molecule has 24 heavy (non-hydrogen) atoms. The highest BCUT2D eigenvalue weighted by Gasteiger charge is 2.09. The molecule has 1 aromatic heterocycles. The molecule has 0 saturated carbocycles. The van der Waals surface area contributed by atoms with Crippen molar-refractivity contribution in [3.8, 4) is 17.2 Å². The highest BCUT2D eigenvalue weighted by Crippen LogP contribution is 2.22. The van der Waals surface area contributed by atoms with Crippen molar-refractivity contribution in [2.24, 2.45) is 0 Å². The number of nitrogens with zero attached hydrogens (tertiary/aromatic N) is 2. The predicted octanol–water partition coefficient (Wildman–Crippen LogP) is 3.22. The maximum atomic E-state index is 13.5. The fourth-order valence-corrected chi connectivity index (χ4v) is 2.32. The minimum absolute atomic E-state index is 0.183. The zero-order valence-electron chi connectivity index (χ0n) is 13.3. The van der Waals surface area contributed by atoms with Crippen molar-refractivity contribution in [2.75, 3.05) is 13.7 Å². The first-order chi connectivity index (χ1) is 11.8. The molecular weight excluding hydrogens is 309 g/mol. The molecular formula is C18H18FN3O2. The van der Waals surface area contributed by atoms with Crippen LogP contribution in [0.1, 0.15) is 11.5 Å². The summed E-state index contributed by atoms with van der Waals surface area (Å²) in [6.45, 7) is 1.06. The van der Waals surface area contributed by atoms with Crippen molar-refractivity contribution >= 4 is 0 Å². The van der Waals surface area contributed by atoms with Gasteiger partial charge in [0.2, 0.25) is 11.8 Å². The molecule has 1 N–H and O–H groups in total. The van der Waals surface area contributed by atoms with Crippen molar-refractivity contribution in [3.63, 3.8) is 0 Å². The van der Waals surface area contributed by atoms with Gasteiger partial charge in [-0.3, -0.25) is 0 Å². The molecule has 3 rings (SSSR count). The van der Waals surface area contributed by atoms with Crippen molar-refractivity contribution in [1.29, 1.82) is 0 Å². The highest BCUT2D eigenvalue weighted by molar-refractivity contribution is 5.55. The lowest BCUT2D eigenvalue weighted by molar-refractivity contribution is 0.414. The molecule has 0 unspecified atom stereocenters. The second-order valence-corrected chi connectivity index (χ2v) is 5.25. The molecule has 0 amide bonds. The first-order valence-electron chi connectivity index (χ1n) is 7.67.